The topological polar surface area (TPSA) is 91.0 Å². The van der Waals surface area contributed by atoms with E-state index >= 15 is 0 Å². The summed E-state index contributed by atoms with van der Waals surface area (Å²) in [5.74, 6) is 1.64. The largest absolute Gasteiger partial charge is 0.365 e. The van der Waals surface area contributed by atoms with Crippen molar-refractivity contribution in [3.05, 3.63) is 69.9 Å². The van der Waals surface area contributed by atoms with Crippen LogP contribution in [0.1, 0.15) is 54.9 Å². The molecule has 7 nitrogen and oxygen atoms in total. The maximum atomic E-state index is 12.4. The quantitative estimate of drug-likeness (QED) is 0.365. The molecular weight excluding hydrogens is 460 g/mol. The van der Waals surface area contributed by atoms with Gasteiger partial charge >= 0.3 is 0 Å². The Bertz CT molecular complexity index is 1270. The zero-order chi connectivity index (χ0) is 24.6. The number of amides is 1. The number of nitrogens with zero attached hydrogens (tertiary/aromatic N) is 2. The summed E-state index contributed by atoms with van der Waals surface area (Å²) in [6, 6.07) is 12.4. The predicted octanol–water partition coefficient (Wildman–Crippen LogP) is 5.49. The number of carbonyl (C=O) groups is 1. The van der Waals surface area contributed by atoms with E-state index in [1.165, 1.54) is 24.0 Å². The predicted molar refractivity (Wildman–Crippen MR) is 142 cm³/mol. The minimum absolute atomic E-state index is 0.00738. The lowest BCUT2D eigenvalue weighted by molar-refractivity contribution is -0.119. The Balaban J connectivity index is 1.31. The molecule has 35 heavy (non-hydrogen) atoms. The van der Waals surface area contributed by atoms with Gasteiger partial charge in [-0.1, -0.05) is 29.8 Å². The van der Waals surface area contributed by atoms with Gasteiger partial charge in [-0.15, -0.1) is 0 Å². The summed E-state index contributed by atoms with van der Waals surface area (Å²) in [4.78, 5) is 21.4. The molecule has 8 heteroatoms. The SMILES string of the molecule is Cc1cc(Nc2ncc(Cl)c(NCc3cccc4c3C(C)(C)C(=O)N4)n2)ccc1C1CCNCC1. The van der Waals surface area contributed by atoms with E-state index in [0.29, 0.717) is 29.3 Å². The highest BCUT2D eigenvalue weighted by molar-refractivity contribution is 6.32. The highest BCUT2D eigenvalue weighted by Gasteiger charge is 2.39. The molecule has 3 heterocycles. The molecular formula is C27H31ClN6O. The van der Waals surface area contributed by atoms with Gasteiger partial charge in [0.1, 0.15) is 5.02 Å². The third-order valence-electron chi connectivity index (χ3n) is 7.09. The van der Waals surface area contributed by atoms with E-state index in [2.05, 4.69) is 56.4 Å². The number of piperidine rings is 1. The summed E-state index contributed by atoms with van der Waals surface area (Å²) in [6.45, 7) is 8.69. The first-order valence-electron chi connectivity index (χ1n) is 12.1. The van der Waals surface area contributed by atoms with Crippen molar-refractivity contribution in [3.63, 3.8) is 0 Å². The van der Waals surface area contributed by atoms with Gasteiger partial charge in [-0.3, -0.25) is 4.79 Å². The molecule has 5 rings (SSSR count). The summed E-state index contributed by atoms with van der Waals surface area (Å²) >= 11 is 6.41. The highest BCUT2D eigenvalue weighted by atomic mass is 35.5. The molecule has 1 fully saturated rings. The van der Waals surface area contributed by atoms with Gasteiger partial charge in [0.05, 0.1) is 11.6 Å². The van der Waals surface area contributed by atoms with Crippen molar-refractivity contribution in [1.82, 2.24) is 15.3 Å². The van der Waals surface area contributed by atoms with Crippen LogP contribution >= 0.6 is 11.6 Å². The maximum absolute atomic E-state index is 12.4. The number of halogens is 1. The van der Waals surface area contributed by atoms with Crippen LogP contribution in [0.4, 0.5) is 23.1 Å². The standard InChI is InChI=1S/C27H31ClN6O/c1-16-13-19(7-8-20(16)17-9-11-29-12-10-17)32-26-31-15-21(28)24(34-26)30-14-18-5-4-6-22-23(18)27(2,3)25(35)33-22/h4-8,13,15,17,29H,9-12,14H2,1-3H3,(H,33,35)(H2,30,31,32,34). The zero-order valence-electron chi connectivity index (χ0n) is 20.3. The molecule has 0 spiro atoms. The van der Waals surface area contributed by atoms with Crippen molar-refractivity contribution in [3.8, 4) is 0 Å². The molecule has 3 aromatic rings. The number of nitrogens with one attached hydrogen (secondary N) is 4. The second-order valence-corrected chi connectivity index (χ2v) is 10.3. The lowest BCUT2D eigenvalue weighted by Gasteiger charge is -2.24. The Morgan fingerprint density at radius 2 is 1.97 bits per heavy atom. The number of aromatic nitrogens is 2. The molecule has 2 aliphatic heterocycles. The van der Waals surface area contributed by atoms with Crippen molar-refractivity contribution in [1.29, 1.82) is 0 Å². The first kappa shape index (κ1) is 23.6. The number of benzene rings is 2. The number of rotatable bonds is 6. The lowest BCUT2D eigenvalue weighted by Crippen LogP contribution is -2.28. The van der Waals surface area contributed by atoms with E-state index < -0.39 is 5.41 Å². The number of anilines is 4. The Morgan fingerprint density at radius 1 is 1.17 bits per heavy atom. The van der Waals surface area contributed by atoms with Crippen LogP contribution < -0.4 is 21.3 Å². The van der Waals surface area contributed by atoms with Gasteiger partial charge < -0.3 is 21.3 Å². The van der Waals surface area contributed by atoms with Crippen LogP contribution in [0.3, 0.4) is 0 Å². The summed E-state index contributed by atoms with van der Waals surface area (Å²) in [7, 11) is 0. The van der Waals surface area contributed by atoms with Crippen LogP contribution in [0.2, 0.25) is 5.02 Å². The smallest absolute Gasteiger partial charge is 0.234 e. The molecule has 2 aromatic carbocycles. The van der Waals surface area contributed by atoms with Crippen LogP contribution in [0.5, 0.6) is 0 Å². The van der Waals surface area contributed by atoms with Gasteiger partial charge in [-0.05, 0) is 93.1 Å². The summed E-state index contributed by atoms with van der Waals surface area (Å²) in [5.41, 5.74) is 5.94. The van der Waals surface area contributed by atoms with E-state index in [1.54, 1.807) is 6.20 Å². The van der Waals surface area contributed by atoms with Gasteiger partial charge in [0.25, 0.3) is 0 Å². The average Bonchev–Trinajstić information content (AvgIpc) is 3.08. The molecule has 0 radical (unpaired) electrons. The van der Waals surface area contributed by atoms with E-state index in [9.17, 15) is 4.79 Å². The van der Waals surface area contributed by atoms with E-state index in [4.69, 9.17) is 11.6 Å². The van der Waals surface area contributed by atoms with E-state index in [0.717, 1.165) is 35.6 Å². The molecule has 1 aromatic heterocycles. The van der Waals surface area contributed by atoms with Gasteiger partial charge in [0.15, 0.2) is 5.82 Å². The normalized spacial score (nSPS) is 17.1. The zero-order valence-corrected chi connectivity index (χ0v) is 21.1. The third-order valence-corrected chi connectivity index (χ3v) is 7.36. The highest BCUT2D eigenvalue weighted by Crippen LogP contribution is 2.40. The molecule has 0 atom stereocenters. The van der Waals surface area contributed by atoms with Crippen LogP contribution in [0.15, 0.2) is 42.6 Å². The van der Waals surface area contributed by atoms with Gasteiger partial charge in [-0.2, -0.15) is 4.98 Å². The minimum Gasteiger partial charge on any atom is -0.365 e. The molecule has 1 amide bonds. The monoisotopic (exact) mass is 490 g/mol. The Labute approximate surface area is 211 Å². The van der Waals surface area contributed by atoms with Crippen molar-refractivity contribution in [2.24, 2.45) is 0 Å². The fourth-order valence-corrected chi connectivity index (χ4v) is 5.34. The molecule has 2 aliphatic rings. The van der Waals surface area contributed by atoms with Gasteiger partial charge in [-0.25, -0.2) is 4.98 Å². The molecule has 0 aliphatic carbocycles. The molecule has 4 N–H and O–H groups in total. The molecule has 0 bridgehead atoms. The number of carbonyl (C=O) groups excluding carboxylic acids is 1. The van der Waals surface area contributed by atoms with E-state index in [1.807, 2.05) is 32.0 Å². The van der Waals surface area contributed by atoms with Crippen molar-refractivity contribution < 1.29 is 4.79 Å². The third kappa shape index (κ3) is 4.70. The Hall–Kier alpha value is -3.16. The van der Waals surface area contributed by atoms with Crippen LogP contribution in [0, 0.1) is 6.92 Å². The minimum atomic E-state index is -0.589. The number of hydrogen-bond donors (Lipinski definition) is 4. The van der Waals surface area contributed by atoms with Crippen LogP contribution in [-0.4, -0.2) is 29.0 Å². The van der Waals surface area contributed by atoms with Crippen molar-refractivity contribution >= 4 is 40.6 Å². The van der Waals surface area contributed by atoms with Gasteiger partial charge in [0, 0.05) is 17.9 Å². The lowest BCUT2D eigenvalue weighted by atomic mass is 9.83. The summed E-state index contributed by atoms with van der Waals surface area (Å²) in [5, 5.41) is 13.5. The maximum Gasteiger partial charge on any atom is 0.234 e. The van der Waals surface area contributed by atoms with Crippen LogP contribution in [0.25, 0.3) is 0 Å². The first-order valence-corrected chi connectivity index (χ1v) is 12.5. The second-order valence-electron chi connectivity index (χ2n) is 9.88. The summed E-state index contributed by atoms with van der Waals surface area (Å²) in [6.07, 6.45) is 3.95. The van der Waals surface area contributed by atoms with E-state index in [-0.39, 0.29) is 5.91 Å². The Morgan fingerprint density at radius 3 is 2.74 bits per heavy atom. The summed E-state index contributed by atoms with van der Waals surface area (Å²) < 4.78 is 0. The number of aryl methyl sites for hydroxylation is 1. The second kappa shape index (κ2) is 9.47. The first-order chi connectivity index (χ1) is 16.8. The Kier molecular flexibility index (Phi) is 6.38. The number of hydrogen-bond acceptors (Lipinski definition) is 6. The molecule has 0 saturated carbocycles. The fraction of sp³-hybridized carbons (Fsp3) is 0.370. The van der Waals surface area contributed by atoms with Crippen molar-refractivity contribution in [2.75, 3.05) is 29.0 Å². The molecule has 182 valence electrons. The molecule has 0 unspecified atom stereocenters. The van der Waals surface area contributed by atoms with Gasteiger partial charge in [0.2, 0.25) is 11.9 Å². The molecule has 1 saturated heterocycles. The van der Waals surface area contributed by atoms with Crippen molar-refractivity contribution in [2.45, 2.75) is 51.5 Å². The van der Waals surface area contributed by atoms with Crippen LogP contribution in [-0.2, 0) is 16.8 Å². The average molecular weight is 491 g/mol. The number of fused-ring (bicyclic) bond motifs is 1. The fourth-order valence-electron chi connectivity index (χ4n) is 5.19.